The van der Waals surface area contributed by atoms with Crippen LogP contribution in [0.4, 0.5) is 0 Å². The van der Waals surface area contributed by atoms with E-state index in [0.29, 0.717) is 5.41 Å². The average Bonchev–Trinajstić information content (AvgIpc) is 2.65. The average molecular weight is 410 g/mol. The van der Waals surface area contributed by atoms with E-state index in [4.69, 9.17) is 0 Å². The van der Waals surface area contributed by atoms with E-state index in [1.54, 1.807) is 0 Å². The molecule has 29 heavy (non-hydrogen) atoms. The van der Waals surface area contributed by atoms with E-state index < -0.39 is 0 Å². The maximum Gasteiger partial charge on any atom is 0.000956 e. The van der Waals surface area contributed by atoms with Crippen molar-refractivity contribution in [3.63, 3.8) is 0 Å². The van der Waals surface area contributed by atoms with Crippen LogP contribution in [-0.2, 0) is 0 Å². The molecule has 0 saturated heterocycles. The number of unbranched alkanes of at least 4 members (excludes halogenated alkanes) is 3. The number of rotatable bonds is 19. The molecule has 1 nitrogen and oxygen atoms in total. The molecule has 0 saturated carbocycles. The van der Waals surface area contributed by atoms with Crippen LogP contribution in [0, 0.1) is 23.2 Å². The summed E-state index contributed by atoms with van der Waals surface area (Å²) >= 11 is 0. The van der Waals surface area contributed by atoms with E-state index in [1.165, 1.54) is 103 Å². The van der Waals surface area contributed by atoms with Crippen molar-refractivity contribution in [1.29, 1.82) is 0 Å². The molecule has 0 aliphatic carbocycles. The second kappa shape index (κ2) is 17.6. The Kier molecular flexibility index (Phi) is 17.6. The smallest absolute Gasteiger partial charge is 0.000956 e. The van der Waals surface area contributed by atoms with Gasteiger partial charge in [0, 0.05) is 6.54 Å². The lowest BCUT2D eigenvalue weighted by atomic mass is 9.84. The first-order valence-corrected chi connectivity index (χ1v) is 13.5. The van der Waals surface area contributed by atoms with E-state index >= 15 is 0 Å². The summed E-state index contributed by atoms with van der Waals surface area (Å²) in [5.74, 6) is 2.69. The molecule has 0 aliphatic heterocycles. The predicted molar refractivity (Wildman–Crippen MR) is 135 cm³/mol. The number of hydrogen-bond acceptors (Lipinski definition) is 1. The van der Waals surface area contributed by atoms with Crippen LogP contribution in [0.1, 0.15) is 139 Å². The van der Waals surface area contributed by atoms with Gasteiger partial charge in [-0.3, -0.25) is 0 Å². The molecule has 0 bridgehead atoms. The van der Waals surface area contributed by atoms with Gasteiger partial charge >= 0.3 is 0 Å². The SMILES string of the molecule is CCCCCC(CCC)CCN(CCC(C)CC(C)(C)C)CC(CC)CCCC. The lowest BCUT2D eigenvalue weighted by Gasteiger charge is -2.31. The highest BCUT2D eigenvalue weighted by molar-refractivity contribution is 4.72. The van der Waals surface area contributed by atoms with Crippen molar-refractivity contribution >= 4 is 0 Å². The normalized spacial score (nSPS) is 15.6. The summed E-state index contributed by atoms with van der Waals surface area (Å²) in [6.45, 7) is 23.1. The Morgan fingerprint density at radius 2 is 1.28 bits per heavy atom. The summed E-state index contributed by atoms with van der Waals surface area (Å²) in [6, 6.07) is 0. The maximum absolute atomic E-state index is 2.87. The van der Waals surface area contributed by atoms with E-state index in [9.17, 15) is 0 Å². The van der Waals surface area contributed by atoms with Gasteiger partial charge in [-0.1, -0.05) is 113 Å². The van der Waals surface area contributed by atoms with Crippen molar-refractivity contribution in [3.05, 3.63) is 0 Å². The Balaban J connectivity index is 4.76. The van der Waals surface area contributed by atoms with Crippen molar-refractivity contribution in [1.82, 2.24) is 4.90 Å². The summed E-state index contributed by atoms with van der Waals surface area (Å²) in [6.07, 6.45) is 18.1. The van der Waals surface area contributed by atoms with Gasteiger partial charge in [-0.2, -0.15) is 0 Å². The largest absolute Gasteiger partial charge is 0.303 e. The lowest BCUT2D eigenvalue weighted by Crippen LogP contribution is -2.33. The molecule has 0 radical (unpaired) electrons. The van der Waals surface area contributed by atoms with Gasteiger partial charge in [0.05, 0.1) is 0 Å². The predicted octanol–water partition coefficient (Wildman–Crippen LogP) is 9.35. The van der Waals surface area contributed by atoms with E-state index in [0.717, 1.165) is 17.8 Å². The first kappa shape index (κ1) is 29.0. The molecular weight excluding hydrogens is 350 g/mol. The van der Waals surface area contributed by atoms with Crippen molar-refractivity contribution < 1.29 is 0 Å². The molecule has 3 unspecified atom stereocenters. The Hall–Kier alpha value is -0.0400. The minimum atomic E-state index is 0.461. The second-order valence-electron chi connectivity index (χ2n) is 11.3. The zero-order chi connectivity index (χ0) is 22.1. The zero-order valence-electron chi connectivity index (χ0n) is 22.0. The Labute approximate surface area is 186 Å². The van der Waals surface area contributed by atoms with E-state index in [-0.39, 0.29) is 0 Å². The zero-order valence-corrected chi connectivity index (χ0v) is 22.0. The van der Waals surface area contributed by atoms with Gasteiger partial charge in [0.2, 0.25) is 0 Å². The van der Waals surface area contributed by atoms with Crippen molar-refractivity contribution in [2.45, 2.75) is 139 Å². The standard InChI is InChI=1S/C28H59N/c1-9-13-15-18-27(16-11-3)20-22-29(24-26(12-4)17-14-10-2)21-19-25(5)23-28(6,7)8/h25-27H,9-24H2,1-8H3. The van der Waals surface area contributed by atoms with Crippen molar-refractivity contribution in [3.8, 4) is 0 Å². The van der Waals surface area contributed by atoms with Gasteiger partial charge in [-0.05, 0) is 61.9 Å². The summed E-state index contributed by atoms with van der Waals surface area (Å²) in [4.78, 5) is 2.87. The molecular formula is C28H59N. The van der Waals surface area contributed by atoms with Crippen LogP contribution in [0.15, 0.2) is 0 Å². The van der Waals surface area contributed by atoms with Crippen LogP contribution in [0.5, 0.6) is 0 Å². The molecule has 0 fully saturated rings. The highest BCUT2D eigenvalue weighted by Gasteiger charge is 2.19. The topological polar surface area (TPSA) is 3.24 Å². The lowest BCUT2D eigenvalue weighted by molar-refractivity contribution is 0.181. The van der Waals surface area contributed by atoms with Crippen LogP contribution >= 0.6 is 0 Å². The number of nitrogens with zero attached hydrogens (tertiary/aromatic N) is 1. The van der Waals surface area contributed by atoms with Gasteiger partial charge in [0.15, 0.2) is 0 Å². The third-order valence-electron chi connectivity index (χ3n) is 6.73. The van der Waals surface area contributed by atoms with Gasteiger partial charge in [0.25, 0.3) is 0 Å². The molecule has 0 aromatic rings. The molecule has 3 atom stereocenters. The van der Waals surface area contributed by atoms with Crippen molar-refractivity contribution in [2.24, 2.45) is 23.2 Å². The summed E-state index contributed by atoms with van der Waals surface area (Å²) in [7, 11) is 0. The first-order chi connectivity index (χ1) is 13.8. The van der Waals surface area contributed by atoms with Crippen LogP contribution in [0.3, 0.4) is 0 Å². The minimum absolute atomic E-state index is 0.461. The molecule has 0 aromatic carbocycles. The summed E-state index contributed by atoms with van der Waals surface area (Å²) < 4.78 is 0. The van der Waals surface area contributed by atoms with Crippen LogP contribution in [0.2, 0.25) is 0 Å². The fourth-order valence-corrected chi connectivity index (χ4v) is 5.02. The second-order valence-corrected chi connectivity index (χ2v) is 11.3. The monoisotopic (exact) mass is 409 g/mol. The Morgan fingerprint density at radius 1 is 0.655 bits per heavy atom. The fraction of sp³-hybridized carbons (Fsp3) is 1.00. The Morgan fingerprint density at radius 3 is 1.83 bits per heavy atom. The van der Waals surface area contributed by atoms with Gasteiger partial charge in [-0.25, -0.2) is 0 Å². The fourth-order valence-electron chi connectivity index (χ4n) is 5.02. The van der Waals surface area contributed by atoms with Crippen LogP contribution in [-0.4, -0.2) is 24.5 Å². The molecule has 0 heterocycles. The highest BCUT2D eigenvalue weighted by atomic mass is 15.1. The molecule has 1 heteroatoms. The highest BCUT2D eigenvalue weighted by Crippen LogP contribution is 2.27. The molecule has 0 aliphatic rings. The van der Waals surface area contributed by atoms with Gasteiger partial charge < -0.3 is 4.90 Å². The van der Waals surface area contributed by atoms with E-state index in [1.807, 2.05) is 0 Å². The maximum atomic E-state index is 2.87. The molecule has 0 spiro atoms. The number of hydrogen-bond donors (Lipinski definition) is 0. The Bertz CT molecular complexity index is 343. The van der Waals surface area contributed by atoms with Gasteiger partial charge in [0.1, 0.15) is 0 Å². The van der Waals surface area contributed by atoms with E-state index in [2.05, 4.69) is 60.3 Å². The first-order valence-electron chi connectivity index (χ1n) is 13.5. The van der Waals surface area contributed by atoms with Crippen LogP contribution < -0.4 is 0 Å². The molecule has 176 valence electrons. The van der Waals surface area contributed by atoms with Gasteiger partial charge in [-0.15, -0.1) is 0 Å². The summed E-state index contributed by atoms with van der Waals surface area (Å²) in [5, 5.41) is 0. The van der Waals surface area contributed by atoms with Crippen LogP contribution in [0.25, 0.3) is 0 Å². The molecule has 0 rings (SSSR count). The molecule has 0 amide bonds. The minimum Gasteiger partial charge on any atom is -0.303 e. The third-order valence-corrected chi connectivity index (χ3v) is 6.73. The summed E-state index contributed by atoms with van der Waals surface area (Å²) in [5.41, 5.74) is 0.461. The molecule has 0 aromatic heterocycles. The quantitative estimate of drug-likeness (QED) is 0.192. The molecule has 0 N–H and O–H groups in total. The van der Waals surface area contributed by atoms with Crippen molar-refractivity contribution in [2.75, 3.05) is 19.6 Å². The third kappa shape index (κ3) is 17.3.